The zero-order valence-corrected chi connectivity index (χ0v) is 21.1. The van der Waals surface area contributed by atoms with Crippen molar-refractivity contribution in [3.63, 3.8) is 0 Å². The quantitative estimate of drug-likeness (QED) is 0.129. The van der Waals surface area contributed by atoms with Crippen molar-refractivity contribution < 1.29 is 24.3 Å². The smallest absolute Gasteiger partial charge is 0.326 e. The first-order valence-corrected chi connectivity index (χ1v) is 12.3. The van der Waals surface area contributed by atoms with Crippen LogP contribution in [0, 0.1) is 11.8 Å². The predicted octanol–water partition coefficient (Wildman–Crippen LogP) is -0.187. The molecule has 0 aromatic heterocycles. The highest BCUT2D eigenvalue weighted by Gasteiger charge is 2.33. The number of carboxylic acid groups (broad SMARTS) is 1. The van der Waals surface area contributed by atoms with Crippen molar-refractivity contribution in [2.24, 2.45) is 29.0 Å². The number of nitrogens with one attached hydrogen (secondary N) is 3. The molecule has 10 N–H and O–H groups in total. The van der Waals surface area contributed by atoms with Gasteiger partial charge in [-0.1, -0.05) is 40.5 Å². The third kappa shape index (κ3) is 11.8. The van der Waals surface area contributed by atoms with E-state index in [1.54, 1.807) is 20.8 Å². The molecule has 0 saturated heterocycles. The Labute approximate surface area is 203 Å². The van der Waals surface area contributed by atoms with Crippen molar-refractivity contribution in [1.82, 2.24) is 16.0 Å². The van der Waals surface area contributed by atoms with Gasteiger partial charge in [-0.25, -0.2) is 4.79 Å². The van der Waals surface area contributed by atoms with Gasteiger partial charge in [0.2, 0.25) is 17.7 Å². The van der Waals surface area contributed by atoms with Gasteiger partial charge in [-0.15, -0.1) is 0 Å². The lowest BCUT2D eigenvalue weighted by molar-refractivity contribution is -0.143. The molecule has 34 heavy (non-hydrogen) atoms. The van der Waals surface area contributed by atoms with Gasteiger partial charge in [-0.05, 0) is 57.0 Å². The minimum atomic E-state index is -1.14. The van der Waals surface area contributed by atoms with E-state index in [2.05, 4.69) is 16.0 Å². The largest absolute Gasteiger partial charge is 0.480 e. The number of hydrogen-bond acceptors (Lipinski definition) is 7. The maximum atomic E-state index is 13.1. The monoisotopic (exact) mass is 486 g/mol. The molecule has 0 rings (SSSR count). The average molecular weight is 487 g/mol. The topological polar surface area (TPSA) is 203 Å². The molecule has 5 atom stereocenters. The zero-order valence-electron chi connectivity index (χ0n) is 21.1. The van der Waals surface area contributed by atoms with E-state index in [4.69, 9.17) is 17.2 Å². The molecule has 0 aliphatic heterocycles. The van der Waals surface area contributed by atoms with E-state index in [0.717, 1.165) is 6.42 Å². The van der Waals surface area contributed by atoms with Crippen LogP contribution >= 0.6 is 0 Å². The van der Waals surface area contributed by atoms with Crippen molar-refractivity contribution in [3.8, 4) is 0 Å². The average Bonchev–Trinajstić information content (AvgIpc) is 2.79. The highest BCUT2D eigenvalue weighted by Crippen LogP contribution is 2.12. The van der Waals surface area contributed by atoms with E-state index in [-0.39, 0.29) is 18.3 Å². The number of aliphatic carboxylic acids is 1. The summed E-state index contributed by atoms with van der Waals surface area (Å²) in [6.07, 6.45) is 3.94. The minimum Gasteiger partial charge on any atom is -0.480 e. The Bertz CT molecular complexity index is 645. The maximum Gasteiger partial charge on any atom is 0.326 e. The molecule has 0 aliphatic rings. The van der Waals surface area contributed by atoms with Crippen LogP contribution in [0.3, 0.4) is 0 Å². The van der Waals surface area contributed by atoms with Crippen LogP contribution in [0.2, 0.25) is 0 Å². The molecule has 5 unspecified atom stereocenters. The molecule has 0 saturated carbocycles. The zero-order chi connectivity index (χ0) is 26.3. The summed E-state index contributed by atoms with van der Waals surface area (Å²) in [5, 5.41) is 17.4. The fraction of sp³-hybridized carbons (Fsp3) is 0.826. The summed E-state index contributed by atoms with van der Waals surface area (Å²) in [5.41, 5.74) is 16.9. The summed E-state index contributed by atoms with van der Waals surface area (Å²) in [4.78, 5) is 50.1. The Hall–Kier alpha value is -2.24. The van der Waals surface area contributed by atoms with Gasteiger partial charge >= 0.3 is 5.97 Å². The number of carbonyl (C=O) groups excluding carboxylic acids is 3. The standard InChI is InChI=1S/C23H46N6O5/c1-5-15(4)19(22(32)27-17(23(33)34)11-7-9-13-25)29-21(31)18(14(2)3)28-20(30)16(26)10-6-8-12-24/h14-19H,5-13,24-26H2,1-4H3,(H,27,32)(H,28,30)(H,29,31)(H,33,34). The molecule has 0 aromatic carbocycles. The van der Waals surface area contributed by atoms with Crippen molar-refractivity contribution >= 4 is 23.7 Å². The van der Waals surface area contributed by atoms with Crippen molar-refractivity contribution in [2.75, 3.05) is 13.1 Å². The van der Waals surface area contributed by atoms with E-state index in [0.29, 0.717) is 45.2 Å². The van der Waals surface area contributed by atoms with Crippen LogP contribution in [0.5, 0.6) is 0 Å². The molecule has 0 aliphatic carbocycles. The highest BCUT2D eigenvalue weighted by molar-refractivity contribution is 5.94. The lowest BCUT2D eigenvalue weighted by Gasteiger charge is -2.29. The first-order valence-electron chi connectivity index (χ1n) is 12.3. The summed E-state index contributed by atoms with van der Waals surface area (Å²) in [7, 11) is 0. The Morgan fingerprint density at radius 2 is 1.26 bits per heavy atom. The molecule has 11 nitrogen and oxygen atoms in total. The van der Waals surface area contributed by atoms with E-state index in [9.17, 15) is 24.3 Å². The fourth-order valence-electron chi connectivity index (χ4n) is 3.39. The van der Waals surface area contributed by atoms with Gasteiger partial charge < -0.3 is 38.3 Å². The second-order valence-electron chi connectivity index (χ2n) is 9.18. The molecule has 3 amide bonds. The Morgan fingerprint density at radius 3 is 1.74 bits per heavy atom. The van der Waals surface area contributed by atoms with Crippen LogP contribution in [-0.4, -0.2) is 66.1 Å². The van der Waals surface area contributed by atoms with E-state index in [1.807, 2.05) is 6.92 Å². The fourth-order valence-corrected chi connectivity index (χ4v) is 3.39. The molecular formula is C23H46N6O5. The maximum absolute atomic E-state index is 13.1. The van der Waals surface area contributed by atoms with Gasteiger partial charge in [0.05, 0.1) is 6.04 Å². The summed E-state index contributed by atoms with van der Waals surface area (Å²) >= 11 is 0. The number of rotatable bonds is 18. The second kappa shape index (κ2) is 17.2. The second-order valence-corrected chi connectivity index (χ2v) is 9.18. The summed E-state index contributed by atoms with van der Waals surface area (Å²) < 4.78 is 0. The van der Waals surface area contributed by atoms with Crippen molar-refractivity contribution in [3.05, 3.63) is 0 Å². The lowest BCUT2D eigenvalue weighted by Crippen LogP contribution is -2.59. The van der Waals surface area contributed by atoms with Gasteiger partial charge in [0, 0.05) is 0 Å². The number of carbonyl (C=O) groups is 4. The molecule has 0 radical (unpaired) electrons. The summed E-state index contributed by atoms with van der Waals surface area (Å²) in [5.74, 6) is -3.20. The molecule has 198 valence electrons. The predicted molar refractivity (Wildman–Crippen MR) is 132 cm³/mol. The molecule has 0 heterocycles. The Kier molecular flexibility index (Phi) is 16.1. The van der Waals surface area contributed by atoms with Crippen LogP contribution in [0.4, 0.5) is 0 Å². The number of nitrogens with two attached hydrogens (primary N) is 3. The normalized spacial score (nSPS) is 15.6. The van der Waals surface area contributed by atoms with Crippen LogP contribution in [0.1, 0.15) is 72.6 Å². The van der Waals surface area contributed by atoms with Crippen LogP contribution < -0.4 is 33.2 Å². The highest BCUT2D eigenvalue weighted by atomic mass is 16.4. The SMILES string of the molecule is CCC(C)C(NC(=O)C(NC(=O)C(N)CCCCN)C(C)C)C(=O)NC(CCCCN)C(=O)O. The number of carboxylic acids is 1. The number of unbranched alkanes of at least 4 members (excludes halogenated alkanes) is 2. The summed E-state index contributed by atoms with van der Waals surface area (Å²) in [6.45, 7) is 8.17. The lowest BCUT2D eigenvalue weighted by atomic mass is 9.95. The first kappa shape index (κ1) is 31.8. The molecule has 11 heteroatoms. The summed E-state index contributed by atoms with van der Waals surface area (Å²) in [6, 6.07) is -3.69. The third-order valence-electron chi connectivity index (χ3n) is 5.91. The third-order valence-corrected chi connectivity index (χ3v) is 5.91. The first-order chi connectivity index (χ1) is 16.0. The van der Waals surface area contributed by atoms with Crippen LogP contribution in [0.25, 0.3) is 0 Å². The van der Waals surface area contributed by atoms with Crippen LogP contribution in [-0.2, 0) is 19.2 Å². The molecule has 0 aromatic rings. The van der Waals surface area contributed by atoms with Gasteiger partial charge in [0.15, 0.2) is 0 Å². The Morgan fingerprint density at radius 1 is 0.765 bits per heavy atom. The molecule has 0 fully saturated rings. The number of amides is 3. The minimum absolute atomic E-state index is 0.242. The molecule has 0 bridgehead atoms. The van der Waals surface area contributed by atoms with Gasteiger partial charge in [0.1, 0.15) is 18.1 Å². The van der Waals surface area contributed by atoms with Gasteiger partial charge in [-0.2, -0.15) is 0 Å². The van der Waals surface area contributed by atoms with Crippen LogP contribution in [0.15, 0.2) is 0 Å². The van der Waals surface area contributed by atoms with Gasteiger partial charge in [-0.3, -0.25) is 14.4 Å². The Balaban J connectivity index is 5.35. The molecule has 0 spiro atoms. The number of hydrogen-bond donors (Lipinski definition) is 7. The van der Waals surface area contributed by atoms with E-state index in [1.165, 1.54) is 0 Å². The molecular weight excluding hydrogens is 440 g/mol. The van der Waals surface area contributed by atoms with E-state index < -0.39 is 47.9 Å². The van der Waals surface area contributed by atoms with Crippen molar-refractivity contribution in [1.29, 1.82) is 0 Å². The van der Waals surface area contributed by atoms with E-state index >= 15 is 0 Å². The van der Waals surface area contributed by atoms with Crippen molar-refractivity contribution in [2.45, 2.75) is 96.8 Å². The van der Waals surface area contributed by atoms with Gasteiger partial charge in [0.25, 0.3) is 0 Å².